The third-order valence-corrected chi connectivity index (χ3v) is 5.43. The van der Waals surface area contributed by atoms with E-state index in [-0.39, 0.29) is 21.9 Å². The Kier molecular flexibility index (Phi) is 5.49. The summed E-state index contributed by atoms with van der Waals surface area (Å²) in [6, 6.07) is 13.7. The van der Waals surface area contributed by atoms with Crippen LogP contribution in [0, 0.1) is 5.82 Å². The van der Waals surface area contributed by atoms with Crippen LogP contribution in [0.3, 0.4) is 0 Å². The lowest BCUT2D eigenvalue weighted by Crippen LogP contribution is -2.12. The molecule has 0 radical (unpaired) electrons. The number of oxime groups is 1. The molecule has 0 saturated heterocycles. The first-order chi connectivity index (χ1) is 14.1. The topological polar surface area (TPSA) is 102 Å². The van der Waals surface area contributed by atoms with Gasteiger partial charge in [-0.1, -0.05) is 23.4 Å². The molecule has 8 nitrogen and oxygen atoms in total. The van der Waals surface area contributed by atoms with Crippen molar-refractivity contribution in [2.45, 2.75) is 0 Å². The van der Waals surface area contributed by atoms with Crippen LogP contribution in [0.15, 0.2) is 62.8 Å². The molecule has 2 N–H and O–H groups in total. The average molecular weight is 476 g/mol. The quantitative estimate of drug-likeness (QED) is 0.306. The highest BCUT2D eigenvalue weighted by Crippen LogP contribution is 2.26. The van der Waals surface area contributed by atoms with Crippen LogP contribution in [0.2, 0.25) is 0 Å². The predicted molar refractivity (Wildman–Crippen MR) is 110 cm³/mol. The van der Waals surface area contributed by atoms with Crippen LogP contribution < -0.4 is 10.8 Å². The second-order valence-electron chi connectivity index (χ2n) is 5.66. The zero-order valence-corrected chi connectivity index (χ0v) is 16.8. The molecule has 0 saturated carbocycles. The zero-order valence-electron chi connectivity index (χ0n) is 14.4. The maximum atomic E-state index is 13.2. The Balaban J connectivity index is 1.39. The number of nitrogens with zero attached hydrogens (tertiary/aromatic N) is 3. The SMILES string of the molecule is O=C(Nc1nonc1/C=N/ONc1ccc(F)c(Br)c1)c1cc2ccccc2s1. The van der Waals surface area contributed by atoms with E-state index in [1.807, 2.05) is 24.3 Å². The van der Waals surface area contributed by atoms with E-state index in [1.165, 1.54) is 35.8 Å². The van der Waals surface area contributed by atoms with Gasteiger partial charge < -0.3 is 5.32 Å². The second kappa shape index (κ2) is 8.37. The predicted octanol–water partition coefficient (Wildman–Crippen LogP) is 4.82. The molecule has 0 aliphatic heterocycles. The monoisotopic (exact) mass is 475 g/mol. The van der Waals surface area contributed by atoms with Crippen molar-refractivity contribution in [2.24, 2.45) is 5.16 Å². The van der Waals surface area contributed by atoms with Gasteiger partial charge in [0.05, 0.1) is 15.0 Å². The van der Waals surface area contributed by atoms with Crippen molar-refractivity contribution in [2.75, 3.05) is 10.8 Å². The van der Waals surface area contributed by atoms with Crippen LogP contribution in [0.5, 0.6) is 0 Å². The number of halogens is 2. The molecule has 4 aromatic rings. The molecule has 0 atom stereocenters. The molecule has 2 aromatic heterocycles. The van der Waals surface area contributed by atoms with Crippen molar-refractivity contribution >= 4 is 61.0 Å². The number of aromatic nitrogens is 2. The van der Waals surface area contributed by atoms with Crippen LogP contribution in [0.25, 0.3) is 10.1 Å². The Hall–Kier alpha value is -3.31. The molecule has 0 bridgehead atoms. The van der Waals surface area contributed by atoms with Gasteiger partial charge in [0.2, 0.25) is 5.82 Å². The van der Waals surface area contributed by atoms with Crippen LogP contribution >= 0.6 is 27.3 Å². The van der Waals surface area contributed by atoms with E-state index in [1.54, 1.807) is 6.07 Å². The summed E-state index contributed by atoms with van der Waals surface area (Å²) < 4.78 is 19.1. The number of carbonyl (C=O) groups excluding carboxylic acids is 1. The summed E-state index contributed by atoms with van der Waals surface area (Å²) in [6.07, 6.45) is 1.21. The average Bonchev–Trinajstić information content (AvgIpc) is 3.34. The number of thiophene rings is 1. The van der Waals surface area contributed by atoms with Gasteiger partial charge in [0.1, 0.15) is 12.0 Å². The summed E-state index contributed by atoms with van der Waals surface area (Å²) in [5, 5.41) is 14.6. The first-order valence-electron chi connectivity index (χ1n) is 8.13. The van der Waals surface area contributed by atoms with E-state index < -0.39 is 5.82 Å². The Bertz CT molecular complexity index is 1180. The second-order valence-corrected chi connectivity index (χ2v) is 7.60. The van der Waals surface area contributed by atoms with Crippen LogP contribution in [0.4, 0.5) is 15.9 Å². The van der Waals surface area contributed by atoms with Gasteiger partial charge in [-0.25, -0.2) is 9.02 Å². The number of benzene rings is 2. The summed E-state index contributed by atoms with van der Waals surface area (Å²) in [7, 11) is 0. The minimum absolute atomic E-state index is 0.101. The number of hydrogen-bond donors (Lipinski definition) is 2. The summed E-state index contributed by atoms with van der Waals surface area (Å²) in [5.41, 5.74) is 3.16. The van der Waals surface area contributed by atoms with Crippen LogP contribution in [-0.4, -0.2) is 22.4 Å². The fourth-order valence-corrected chi connectivity index (χ4v) is 3.68. The maximum absolute atomic E-state index is 13.2. The molecule has 146 valence electrons. The molecule has 4 rings (SSSR count). The minimum atomic E-state index is -0.397. The van der Waals surface area contributed by atoms with Gasteiger partial charge in [0.15, 0.2) is 5.69 Å². The fourth-order valence-electron chi connectivity index (χ4n) is 2.34. The molecule has 1 amide bonds. The molecule has 0 unspecified atom stereocenters. The van der Waals surface area contributed by atoms with Crippen LogP contribution in [0.1, 0.15) is 15.4 Å². The van der Waals surface area contributed by atoms with Crippen LogP contribution in [-0.2, 0) is 4.94 Å². The lowest BCUT2D eigenvalue weighted by molar-refractivity contribution is 0.102. The van der Waals surface area contributed by atoms with Gasteiger partial charge in [-0.15, -0.1) is 11.3 Å². The van der Waals surface area contributed by atoms with Crippen molar-refractivity contribution in [1.29, 1.82) is 0 Å². The number of rotatable bonds is 6. The summed E-state index contributed by atoms with van der Waals surface area (Å²) in [6.45, 7) is 0. The van der Waals surface area contributed by atoms with Crippen molar-refractivity contribution in [3.8, 4) is 0 Å². The summed E-state index contributed by atoms with van der Waals surface area (Å²) in [5.74, 6) is -0.636. The third-order valence-electron chi connectivity index (χ3n) is 3.71. The number of amides is 1. The number of hydrogen-bond acceptors (Lipinski definition) is 8. The Morgan fingerprint density at radius 2 is 2.10 bits per heavy atom. The Morgan fingerprint density at radius 1 is 1.24 bits per heavy atom. The number of carbonyl (C=O) groups is 1. The van der Waals surface area contributed by atoms with E-state index in [2.05, 4.69) is 46.8 Å². The van der Waals surface area contributed by atoms with Gasteiger partial charge in [-0.2, -0.15) is 5.48 Å². The molecular weight excluding hydrogens is 465 g/mol. The number of anilines is 2. The van der Waals surface area contributed by atoms with E-state index in [0.29, 0.717) is 10.6 Å². The number of nitrogens with one attached hydrogen (secondary N) is 2. The van der Waals surface area contributed by atoms with Crippen molar-refractivity contribution in [3.05, 3.63) is 69.4 Å². The number of fused-ring (bicyclic) bond motifs is 1. The highest BCUT2D eigenvalue weighted by Gasteiger charge is 2.15. The first-order valence-corrected chi connectivity index (χ1v) is 9.74. The van der Waals surface area contributed by atoms with Crippen molar-refractivity contribution in [3.63, 3.8) is 0 Å². The Morgan fingerprint density at radius 3 is 2.93 bits per heavy atom. The standard InChI is InChI=1S/C18H11BrFN5O3S/c19-12-8-11(5-6-13(12)20)23-27-21-9-14-17(25-28-24-14)22-18(26)16-7-10-3-1-2-4-15(10)29-16/h1-9,23H,(H,22,25,26)/b21-9+. The van der Waals surface area contributed by atoms with Crippen molar-refractivity contribution in [1.82, 2.24) is 10.3 Å². The summed E-state index contributed by atoms with van der Waals surface area (Å²) in [4.78, 5) is 17.9. The lowest BCUT2D eigenvalue weighted by atomic mass is 10.2. The molecule has 2 heterocycles. The third kappa shape index (κ3) is 4.41. The molecule has 0 aliphatic rings. The first kappa shape index (κ1) is 19.0. The molecule has 2 aromatic carbocycles. The van der Waals surface area contributed by atoms with E-state index in [0.717, 1.165) is 10.1 Å². The highest BCUT2D eigenvalue weighted by atomic mass is 79.9. The minimum Gasteiger partial charge on any atom is -0.301 e. The van der Waals surface area contributed by atoms with Gasteiger partial charge >= 0.3 is 0 Å². The normalized spacial score (nSPS) is 11.1. The van der Waals surface area contributed by atoms with Gasteiger partial charge in [-0.05, 0) is 62.0 Å². The largest absolute Gasteiger partial charge is 0.301 e. The maximum Gasteiger partial charge on any atom is 0.267 e. The zero-order chi connectivity index (χ0) is 20.2. The highest BCUT2D eigenvalue weighted by molar-refractivity contribution is 9.10. The molecule has 0 spiro atoms. The smallest absolute Gasteiger partial charge is 0.267 e. The van der Waals surface area contributed by atoms with E-state index in [9.17, 15) is 9.18 Å². The fraction of sp³-hybridized carbons (Fsp3) is 0. The molecule has 11 heteroatoms. The van der Waals surface area contributed by atoms with Gasteiger partial charge in [0.25, 0.3) is 5.91 Å². The lowest BCUT2D eigenvalue weighted by Gasteiger charge is -2.03. The van der Waals surface area contributed by atoms with Gasteiger partial charge in [-0.3, -0.25) is 9.73 Å². The van der Waals surface area contributed by atoms with Gasteiger partial charge in [0, 0.05) is 4.70 Å². The molecule has 0 fully saturated rings. The van der Waals surface area contributed by atoms with E-state index >= 15 is 0 Å². The molecular formula is C18H11BrFN5O3S. The van der Waals surface area contributed by atoms with Crippen molar-refractivity contribution < 1.29 is 18.8 Å². The molecule has 29 heavy (non-hydrogen) atoms. The van der Waals surface area contributed by atoms with E-state index in [4.69, 9.17) is 4.94 Å². The summed E-state index contributed by atoms with van der Waals surface area (Å²) >= 11 is 4.43. The molecule has 0 aliphatic carbocycles. The Labute approximate surface area is 175 Å².